The molecule has 0 spiro atoms. The fraction of sp³-hybridized carbons (Fsp3) is 0.700. The van der Waals surface area contributed by atoms with Gasteiger partial charge in [-0.25, -0.2) is 4.79 Å². The van der Waals surface area contributed by atoms with Crippen molar-refractivity contribution >= 4 is 5.97 Å². The number of carboxylic acids is 1. The van der Waals surface area contributed by atoms with Crippen LogP contribution in [-0.2, 0) is 4.79 Å². The summed E-state index contributed by atoms with van der Waals surface area (Å²) in [7, 11) is 0. The lowest BCUT2D eigenvalue weighted by molar-refractivity contribution is -0.130. The molecule has 1 N–H and O–H groups in total. The van der Waals surface area contributed by atoms with Crippen molar-refractivity contribution in [2.24, 2.45) is 11.8 Å². The summed E-state index contributed by atoms with van der Waals surface area (Å²) < 4.78 is 0. The van der Waals surface area contributed by atoms with E-state index in [1.54, 1.807) is 0 Å². The minimum atomic E-state index is -1.03. The van der Waals surface area contributed by atoms with Crippen LogP contribution in [0.2, 0.25) is 0 Å². The lowest BCUT2D eigenvalue weighted by atomic mass is 9.92. The lowest BCUT2D eigenvalue weighted by Crippen LogP contribution is -2.06. The highest BCUT2D eigenvalue weighted by molar-refractivity contribution is 5.86. The summed E-state index contributed by atoms with van der Waals surface area (Å²) in [5, 5.41) is 8.34. The first-order valence-corrected chi connectivity index (χ1v) is 4.32. The van der Waals surface area contributed by atoms with Crippen LogP contribution < -0.4 is 0 Å². The van der Waals surface area contributed by atoms with Gasteiger partial charge in [-0.3, -0.25) is 0 Å². The quantitative estimate of drug-likeness (QED) is 0.655. The van der Waals surface area contributed by atoms with Gasteiger partial charge < -0.3 is 5.11 Å². The van der Waals surface area contributed by atoms with Gasteiger partial charge >= 0.3 is 5.97 Å². The number of rotatable bonds is 3. The molecular formula is C10H16O2. The van der Waals surface area contributed by atoms with Crippen LogP contribution in [0.1, 0.15) is 33.6 Å². The zero-order valence-corrected chi connectivity index (χ0v) is 7.92. The summed E-state index contributed by atoms with van der Waals surface area (Å²) in [5.74, 6) is 4.59. The van der Waals surface area contributed by atoms with Crippen LogP contribution in [0.5, 0.6) is 0 Å². The van der Waals surface area contributed by atoms with E-state index < -0.39 is 5.97 Å². The van der Waals surface area contributed by atoms with Gasteiger partial charge in [0.15, 0.2) is 0 Å². The van der Waals surface area contributed by atoms with Crippen molar-refractivity contribution in [2.45, 2.75) is 33.6 Å². The second kappa shape index (κ2) is 5.65. The molecule has 0 aromatic carbocycles. The second-order valence-corrected chi connectivity index (χ2v) is 3.21. The van der Waals surface area contributed by atoms with Gasteiger partial charge in [0.1, 0.15) is 0 Å². The third kappa shape index (κ3) is 4.79. The number of hydrogen-bond acceptors (Lipinski definition) is 1. The molecule has 2 nitrogen and oxygen atoms in total. The zero-order chi connectivity index (χ0) is 9.56. The van der Waals surface area contributed by atoms with Crippen LogP contribution in [0.4, 0.5) is 0 Å². The molecule has 1 unspecified atom stereocenters. The van der Waals surface area contributed by atoms with Crippen molar-refractivity contribution in [3.63, 3.8) is 0 Å². The molecule has 0 aliphatic rings. The van der Waals surface area contributed by atoms with Gasteiger partial charge in [-0.15, -0.1) is 0 Å². The summed E-state index contributed by atoms with van der Waals surface area (Å²) in [6, 6.07) is 0. The molecule has 0 aromatic rings. The third-order valence-electron chi connectivity index (χ3n) is 1.77. The molecule has 1 atom stereocenters. The maximum atomic E-state index is 10.2. The zero-order valence-electron chi connectivity index (χ0n) is 7.92. The Bertz CT molecular complexity index is 196. The molecule has 2 heteroatoms. The minimum Gasteiger partial charge on any atom is -0.472 e. The van der Waals surface area contributed by atoms with Gasteiger partial charge in [-0.05, 0) is 12.3 Å². The number of carbonyl (C=O) groups is 1. The summed E-state index contributed by atoms with van der Waals surface area (Å²) in [5.41, 5.74) is 0. The first-order chi connectivity index (χ1) is 5.57. The molecule has 0 bridgehead atoms. The highest BCUT2D eigenvalue weighted by Gasteiger charge is 2.08. The average Bonchev–Trinajstić information content (AvgIpc) is 1.96. The summed E-state index contributed by atoms with van der Waals surface area (Å²) in [4.78, 5) is 10.2. The molecule has 0 saturated carbocycles. The van der Waals surface area contributed by atoms with Crippen LogP contribution in [0, 0.1) is 23.7 Å². The molecule has 0 radical (unpaired) electrons. The topological polar surface area (TPSA) is 37.3 Å². The van der Waals surface area contributed by atoms with Gasteiger partial charge in [0.05, 0.1) is 0 Å². The Hall–Kier alpha value is -0.970. The van der Waals surface area contributed by atoms with Gasteiger partial charge in [0.2, 0.25) is 0 Å². The maximum Gasteiger partial charge on any atom is 0.381 e. The van der Waals surface area contributed by atoms with Crippen LogP contribution in [0.25, 0.3) is 0 Å². The lowest BCUT2D eigenvalue weighted by Gasteiger charge is -2.12. The van der Waals surface area contributed by atoms with E-state index in [0.717, 1.165) is 12.8 Å². The van der Waals surface area contributed by atoms with Gasteiger partial charge in [-0.1, -0.05) is 33.1 Å². The summed E-state index contributed by atoms with van der Waals surface area (Å²) >= 11 is 0. The average molecular weight is 168 g/mol. The van der Waals surface area contributed by atoms with Crippen molar-refractivity contribution in [2.75, 3.05) is 0 Å². The molecule has 12 heavy (non-hydrogen) atoms. The molecule has 0 rings (SSSR count). The molecule has 0 saturated heterocycles. The molecule has 0 aromatic heterocycles. The molecule has 0 fully saturated rings. The van der Waals surface area contributed by atoms with Gasteiger partial charge in [0, 0.05) is 11.8 Å². The van der Waals surface area contributed by atoms with E-state index in [-0.39, 0.29) is 5.92 Å². The minimum absolute atomic E-state index is 0.228. The predicted molar refractivity (Wildman–Crippen MR) is 48.6 cm³/mol. The molecule has 0 aliphatic carbocycles. The summed E-state index contributed by atoms with van der Waals surface area (Å²) in [6.45, 7) is 6.21. The van der Waals surface area contributed by atoms with Crippen molar-refractivity contribution in [3.05, 3.63) is 0 Å². The van der Waals surface area contributed by atoms with E-state index in [2.05, 4.69) is 32.6 Å². The Balaban J connectivity index is 4.15. The fourth-order valence-corrected chi connectivity index (χ4v) is 1.04. The molecule has 0 aliphatic heterocycles. The second-order valence-electron chi connectivity index (χ2n) is 3.21. The standard InChI is InChI=1S/C10H16O2/c1-4-5-9(8(2)3)6-7-10(11)12/h8-9H,4-5H2,1-3H3,(H,11,12). The van der Waals surface area contributed by atoms with Crippen LogP contribution in [0.3, 0.4) is 0 Å². The Morgan fingerprint density at radius 3 is 2.42 bits per heavy atom. The Kier molecular flexibility index (Phi) is 5.19. The highest BCUT2D eigenvalue weighted by Crippen LogP contribution is 2.15. The van der Waals surface area contributed by atoms with Crippen molar-refractivity contribution in [3.8, 4) is 11.8 Å². The van der Waals surface area contributed by atoms with E-state index in [1.165, 1.54) is 0 Å². The van der Waals surface area contributed by atoms with Crippen molar-refractivity contribution in [1.82, 2.24) is 0 Å². The first-order valence-electron chi connectivity index (χ1n) is 4.32. The number of aliphatic carboxylic acids is 1. The largest absolute Gasteiger partial charge is 0.472 e. The van der Waals surface area contributed by atoms with E-state index in [9.17, 15) is 4.79 Å². The Morgan fingerprint density at radius 1 is 1.50 bits per heavy atom. The summed E-state index contributed by atoms with van der Waals surface area (Å²) in [6.07, 6.45) is 2.04. The van der Waals surface area contributed by atoms with Crippen molar-refractivity contribution in [1.29, 1.82) is 0 Å². The van der Waals surface area contributed by atoms with Gasteiger partial charge in [-0.2, -0.15) is 0 Å². The van der Waals surface area contributed by atoms with Crippen LogP contribution in [-0.4, -0.2) is 11.1 Å². The normalized spacial score (nSPS) is 12.0. The molecule has 0 heterocycles. The van der Waals surface area contributed by atoms with E-state index in [0.29, 0.717) is 5.92 Å². The fourth-order valence-electron chi connectivity index (χ4n) is 1.04. The van der Waals surface area contributed by atoms with Crippen molar-refractivity contribution < 1.29 is 9.90 Å². The van der Waals surface area contributed by atoms with Gasteiger partial charge in [0.25, 0.3) is 0 Å². The number of carboxylic acid groups (broad SMARTS) is 1. The highest BCUT2D eigenvalue weighted by atomic mass is 16.4. The monoisotopic (exact) mass is 168 g/mol. The Morgan fingerprint density at radius 2 is 2.08 bits per heavy atom. The SMILES string of the molecule is CCCC(C#CC(=O)O)C(C)C. The van der Waals surface area contributed by atoms with Crippen LogP contribution in [0.15, 0.2) is 0 Å². The van der Waals surface area contributed by atoms with E-state index in [4.69, 9.17) is 5.11 Å². The van der Waals surface area contributed by atoms with E-state index >= 15 is 0 Å². The predicted octanol–water partition coefficient (Wildman–Crippen LogP) is 2.15. The maximum absolute atomic E-state index is 10.2. The van der Waals surface area contributed by atoms with E-state index in [1.807, 2.05) is 0 Å². The molecule has 0 amide bonds. The Labute approximate surface area is 74.0 Å². The molecular weight excluding hydrogens is 152 g/mol. The smallest absolute Gasteiger partial charge is 0.381 e. The van der Waals surface area contributed by atoms with Crippen LogP contribution >= 0.6 is 0 Å². The third-order valence-corrected chi connectivity index (χ3v) is 1.77. The molecule has 68 valence electrons. The number of hydrogen-bond donors (Lipinski definition) is 1. The first kappa shape index (κ1) is 11.0.